The largest absolute Gasteiger partial charge is 0.480 e. The molecule has 2 N–H and O–H groups in total. The van der Waals surface area contributed by atoms with Crippen molar-refractivity contribution in [3.63, 3.8) is 0 Å². The van der Waals surface area contributed by atoms with Crippen molar-refractivity contribution in [1.29, 1.82) is 0 Å². The standard InChI is InChI=1S/C6H13NO2S2/c8-6(9)5(1-3-10)7-2-4-11/h5,7,10-11H,1-4H2,(H,8,9)/t5-/m0/s1. The van der Waals surface area contributed by atoms with Gasteiger partial charge in [-0.2, -0.15) is 25.3 Å². The zero-order valence-electron chi connectivity index (χ0n) is 6.16. The first-order chi connectivity index (χ1) is 5.22. The fourth-order valence-corrected chi connectivity index (χ4v) is 1.07. The van der Waals surface area contributed by atoms with Crippen LogP contribution in [0.3, 0.4) is 0 Å². The molecule has 0 aromatic carbocycles. The molecule has 3 nitrogen and oxygen atoms in total. The van der Waals surface area contributed by atoms with Gasteiger partial charge in [-0.1, -0.05) is 0 Å². The van der Waals surface area contributed by atoms with Crippen LogP contribution in [0.15, 0.2) is 0 Å². The van der Waals surface area contributed by atoms with Crippen LogP contribution in [0.2, 0.25) is 0 Å². The molecule has 11 heavy (non-hydrogen) atoms. The second kappa shape index (κ2) is 6.82. The highest BCUT2D eigenvalue weighted by atomic mass is 32.1. The van der Waals surface area contributed by atoms with E-state index >= 15 is 0 Å². The van der Waals surface area contributed by atoms with E-state index in [-0.39, 0.29) is 0 Å². The molecular weight excluding hydrogens is 182 g/mol. The summed E-state index contributed by atoms with van der Waals surface area (Å²) in [4.78, 5) is 10.5. The molecule has 0 aromatic rings. The summed E-state index contributed by atoms with van der Waals surface area (Å²) in [5.74, 6) is 0.410. The van der Waals surface area contributed by atoms with Gasteiger partial charge in [-0.3, -0.25) is 4.79 Å². The van der Waals surface area contributed by atoms with Gasteiger partial charge in [0.05, 0.1) is 0 Å². The molecule has 0 heterocycles. The van der Waals surface area contributed by atoms with Crippen molar-refractivity contribution in [2.24, 2.45) is 0 Å². The summed E-state index contributed by atoms with van der Waals surface area (Å²) >= 11 is 7.91. The van der Waals surface area contributed by atoms with E-state index in [0.717, 1.165) is 0 Å². The van der Waals surface area contributed by atoms with Gasteiger partial charge in [0, 0.05) is 12.3 Å². The first-order valence-corrected chi connectivity index (χ1v) is 4.66. The fourth-order valence-electron chi connectivity index (χ4n) is 0.681. The van der Waals surface area contributed by atoms with Gasteiger partial charge in [0.15, 0.2) is 0 Å². The summed E-state index contributed by atoms with van der Waals surface area (Å²) < 4.78 is 0. The minimum absolute atomic E-state index is 0.473. The van der Waals surface area contributed by atoms with Crippen LogP contribution < -0.4 is 5.32 Å². The Morgan fingerprint density at radius 2 is 2.09 bits per heavy atom. The van der Waals surface area contributed by atoms with Crippen LogP contribution in [0.25, 0.3) is 0 Å². The van der Waals surface area contributed by atoms with Crippen LogP contribution in [-0.4, -0.2) is 35.2 Å². The summed E-state index contributed by atoms with van der Waals surface area (Å²) in [5, 5.41) is 11.5. The normalized spacial score (nSPS) is 12.9. The number of carbonyl (C=O) groups is 1. The summed E-state index contributed by atoms with van der Waals surface area (Å²) in [6.45, 7) is 0.619. The van der Waals surface area contributed by atoms with Crippen molar-refractivity contribution in [2.75, 3.05) is 18.1 Å². The Morgan fingerprint density at radius 3 is 2.45 bits per heavy atom. The van der Waals surface area contributed by atoms with Crippen molar-refractivity contribution in [3.8, 4) is 0 Å². The third-order valence-electron chi connectivity index (χ3n) is 1.22. The molecule has 5 heteroatoms. The summed E-state index contributed by atoms with van der Waals surface area (Å²) in [6, 6.07) is -0.473. The molecule has 0 amide bonds. The number of thiol groups is 2. The van der Waals surface area contributed by atoms with Gasteiger partial charge in [0.2, 0.25) is 0 Å². The van der Waals surface area contributed by atoms with Crippen LogP contribution in [0.4, 0.5) is 0 Å². The Morgan fingerprint density at radius 1 is 1.45 bits per heavy atom. The van der Waals surface area contributed by atoms with Crippen LogP contribution in [0.1, 0.15) is 6.42 Å². The van der Waals surface area contributed by atoms with Crippen molar-refractivity contribution in [1.82, 2.24) is 5.32 Å². The van der Waals surface area contributed by atoms with Gasteiger partial charge < -0.3 is 10.4 Å². The molecule has 1 atom stereocenters. The quantitative estimate of drug-likeness (QED) is 0.460. The minimum Gasteiger partial charge on any atom is -0.480 e. The molecular formula is C6H13NO2S2. The highest BCUT2D eigenvalue weighted by Crippen LogP contribution is 1.94. The van der Waals surface area contributed by atoms with E-state index < -0.39 is 12.0 Å². The number of nitrogens with one attached hydrogen (secondary N) is 1. The topological polar surface area (TPSA) is 49.3 Å². The molecule has 0 spiro atoms. The second-order valence-corrected chi connectivity index (χ2v) is 2.98. The highest BCUT2D eigenvalue weighted by Gasteiger charge is 2.13. The molecule has 0 fully saturated rings. The van der Waals surface area contributed by atoms with Gasteiger partial charge in [-0.15, -0.1) is 0 Å². The molecule has 0 aliphatic heterocycles. The van der Waals surface area contributed by atoms with E-state index in [2.05, 4.69) is 30.6 Å². The average Bonchev–Trinajstić information content (AvgIpc) is 1.97. The number of aliphatic carboxylic acids is 1. The van der Waals surface area contributed by atoms with E-state index in [1.807, 2.05) is 0 Å². The van der Waals surface area contributed by atoms with E-state index in [0.29, 0.717) is 24.5 Å². The lowest BCUT2D eigenvalue weighted by molar-refractivity contribution is -0.139. The van der Waals surface area contributed by atoms with Crippen molar-refractivity contribution >= 4 is 31.2 Å². The third kappa shape index (κ3) is 5.41. The van der Waals surface area contributed by atoms with E-state index in [1.54, 1.807) is 0 Å². The Bertz CT molecular complexity index is 121. The molecule has 66 valence electrons. The summed E-state index contributed by atoms with van der Waals surface area (Å²) in [5.41, 5.74) is 0. The summed E-state index contributed by atoms with van der Waals surface area (Å²) in [7, 11) is 0. The van der Waals surface area contributed by atoms with E-state index in [9.17, 15) is 4.79 Å². The molecule has 0 rings (SSSR count). The molecule has 0 aliphatic carbocycles. The molecule has 0 radical (unpaired) electrons. The van der Waals surface area contributed by atoms with Crippen LogP contribution in [0, 0.1) is 0 Å². The van der Waals surface area contributed by atoms with Crippen molar-refractivity contribution < 1.29 is 9.90 Å². The van der Waals surface area contributed by atoms with Crippen LogP contribution in [0.5, 0.6) is 0 Å². The molecule has 0 aliphatic rings. The SMILES string of the molecule is O=C(O)[C@H](CCS)NCCS. The van der Waals surface area contributed by atoms with Gasteiger partial charge in [0.1, 0.15) is 6.04 Å². The van der Waals surface area contributed by atoms with Gasteiger partial charge in [-0.25, -0.2) is 0 Å². The Hall–Kier alpha value is 0.130. The molecule has 0 saturated heterocycles. The lowest BCUT2D eigenvalue weighted by Gasteiger charge is -2.11. The van der Waals surface area contributed by atoms with Crippen LogP contribution in [-0.2, 0) is 4.79 Å². The average molecular weight is 195 g/mol. The Labute approximate surface area is 77.4 Å². The predicted molar refractivity (Wildman–Crippen MR) is 51.7 cm³/mol. The van der Waals surface area contributed by atoms with Gasteiger partial charge >= 0.3 is 5.97 Å². The Kier molecular flexibility index (Phi) is 6.90. The third-order valence-corrected chi connectivity index (χ3v) is 1.70. The number of carboxylic acid groups (broad SMARTS) is 1. The van der Waals surface area contributed by atoms with Gasteiger partial charge in [0.25, 0.3) is 0 Å². The maximum Gasteiger partial charge on any atom is 0.320 e. The molecule has 0 bridgehead atoms. The maximum atomic E-state index is 10.5. The monoisotopic (exact) mass is 195 g/mol. The van der Waals surface area contributed by atoms with Crippen LogP contribution >= 0.6 is 25.3 Å². The number of carboxylic acids is 1. The first-order valence-electron chi connectivity index (χ1n) is 3.40. The fraction of sp³-hybridized carbons (Fsp3) is 0.833. The lowest BCUT2D eigenvalue weighted by atomic mass is 10.2. The summed E-state index contributed by atoms with van der Waals surface area (Å²) in [6.07, 6.45) is 0.548. The zero-order chi connectivity index (χ0) is 8.69. The zero-order valence-corrected chi connectivity index (χ0v) is 7.94. The second-order valence-electron chi connectivity index (χ2n) is 2.08. The van der Waals surface area contributed by atoms with Crippen molar-refractivity contribution in [2.45, 2.75) is 12.5 Å². The molecule has 0 aromatic heterocycles. The van der Waals surface area contributed by atoms with E-state index in [4.69, 9.17) is 5.11 Å². The molecule has 0 unspecified atom stereocenters. The smallest absolute Gasteiger partial charge is 0.320 e. The highest BCUT2D eigenvalue weighted by molar-refractivity contribution is 7.80. The maximum absolute atomic E-state index is 10.5. The number of hydrogen-bond acceptors (Lipinski definition) is 4. The molecule has 0 saturated carbocycles. The number of rotatable bonds is 6. The van der Waals surface area contributed by atoms with Gasteiger partial charge in [-0.05, 0) is 12.2 Å². The van der Waals surface area contributed by atoms with Crippen molar-refractivity contribution in [3.05, 3.63) is 0 Å². The van der Waals surface area contributed by atoms with E-state index in [1.165, 1.54) is 0 Å². The Balaban J connectivity index is 3.60. The number of hydrogen-bond donors (Lipinski definition) is 4. The minimum atomic E-state index is -0.819. The first kappa shape index (κ1) is 11.1. The predicted octanol–water partition coefficient (Wildman–Crippen LogP) is 0.279. The lowest BCUT2D eigenvalue weighted by Crippen LogP contribution is -2.38.